The SMILES string of the molecule is CC1(C)C(=O)NCCN1c1c(C(=O)O)cccc1[N+](=O)[O-]. The molecule has 1 aromatic carbocycles. The van der Waals surface area contributed by atoms with Crippen molar-refractivity contribution in [2.75, 3.05) is 18.0 Å². The summed E-state index contributed by atoms with van der Waals surface area (Å²) in [5, 5.41) is 23.2. The summed E-state index contributed by atoms with van der Waals surface area (Å²) in [4.78, 5) is 35.4. The topological polar surface area (TPSA) is 113 Å². The van der Waals surface area contributed by atoms with Gasteiger partial charge in [-0.05, 0) is 19.9 Å². The Morgan fingerprint density at radius 1 is 1.48 bits per heavy atom. The zero-order valence-electron chi connectivity index (χ0n) is 11.6. The summed E-state index contributed by atoms with van der Waals surface area (Å²) in [6, 6.07) is 3.86. The minimum Gasteiger partial charge on any atom is -0.478 e. The largest absolute Gasteiger partial charge is 0.478 e. The van der Waals surface area contributed by atoms with Gasteiger partial charge in [0, 0.05) is 19.2 Å². The fourth-order valence-corrected chi connectivity index (χ4v) is 2.43. The Balaban J connectivity index is 2.68. The number of nitrogens with zero attached hydrogens (tertiary/aromatic N) is 2. The lowest BCUT2D eigenvalue weighted by Gasteiger charge is -2.42. The zero-order chi connectivity index (χ0) is 15.8. The second-order valence-electron chi connectivity index (χ2n) is 5.20. The molecule has 1 fully saturated rings. The van der Waals surface area contributed by atoms with Crippen LogP contribution >= 0.6 is 0 Å². The molecule has 1 heterocycles. The molecule has 0 saturated carbocycles. The molecule has 112 valence electrons. The molecule has 0 aliphatic carbocycles. The molecule has 0 bridgehead atoms. The van der Waals surface area contributed by atoms with Crippen LogP contribution in [0.15, 0.2) is 18.2 Å². The molecule has 0 aromatic heterocycles. The summed E-state index contributed by atoms with van der Waals surface area (Å²) >= 11 is 0. The number of aromatic carboxylic acids is 1. The van der Waals surface area contributed by atoms with Gasteiger partial charge >= 0.3 is 5.97 Å². The highest BCUT2D eigenvalue weighted by Crippen LogP contribution is 2.37. The third-order valence-electron chi connectivity index (χ3n) is 3.56. The third kappa shape index (κ3) is 2.39. The van der Waals surface area contributed by atoms with Gasteiger partial charge in [0.2, 0.25) is 5.91 Å². The lowest BCUT2D eigenvalue weighted by atomic mass is 9.96. The number of benzene rings is 1. The number of carboxylic acid groups (broad SMARTS) is 1. The second-order valence-corrected chi connectivity index (χ2v) is 5.20. The monoisotopic (exact) mass is 293 g/mol. The van der Waals surface area contributed by atoms with E-state index in [2.05, 4.69) is 5.32 Å². The molecule has 1 aliphatic rings. The number of nitro benzene ring substituents is 1. The Kier molecular flexibility index (Phi) is 3.54. The van der Waals surface area contributed by atoms with E-state index in [1.54, 1.807) is 13.8 Å². The van der Waals surface area contributed by atoms with Crippen molar-refractivity contribution in [1.29, 1.82) is 0 Å². The number of rotatable bonds is 3. The maximum Gasteiger partial charge on any atom is 0.338 e. The molecule has 0 radical (unpaired) electrons. The normalized spacial score (nSPS) is 17.2. The number of carbonyl (C=O) groups excluding carboxylic acids is 1. The van der Waals surface area contributed by atoms with Gasteiger partial charge < -0.3 is 15.3 Å². The molecule has 1 aliphatic heterocycles. The van der Waals surface area contributed by atoms with Crippen LogP contribution in [0, 0.1) is 10.1 Å². The van der Waals surface area contributed by atoms with E-state index in [1.807, 2.05) is 0 Å². The van der Waals surface area contributed by atoms with Crippen molar-refractivity contribution in [3.63, 3.8) is 0 Å². The lowest BCUT2D eigenvalue weighted by Crippen LogP contribution is -2.62. The lowest BCUT2D eigenvalue weighted by molar-refractivity contribution is -0.384. The van der Waals surface area contributed by atoms with Crippen molar-refractivity contribution in [2.24, 2.45) is 0 Å². The molecule has 8 heteroatoms. The molecule has 1 aromatic rings. The van der Waals surface area contributed by atoms with E-state index in [1.165, 1.54) is 23.1 Å². The molecule has 0 unspecified atom stereocenters. The molecular formula is C13H15N3O5. The van der Waals surface area contributed by atoms with Gasteiger partial charge in [0.25, 0.3) is 5.69 Å². The first-order valence-electron chi connectivity index (χ1n) is 6.33. The number of piperazine rings is 1. The van der Waals surface area contributed by atoms with E-state index >= 15 is 0 Å². The van der Waals surface area contributed by atoms with Crippen LogP contribution in [0.1, 0.15) is 24.2 Å². The molecular weight excluding hydrogens is 278 g/mol. The van der Waals surface area contributed by atoms with Crippen molar-refractivity contribution >= 4 is 23.3 Å². The van der Waals surface area contributed by atoms with E-state index in [0.717, 1.165) is 0 Å². The number of nitrogens with one attached hydrogen (secondary N) is 1. The van der Waals surface area contributed by atoms with Crippen molar-refractivity contribution < 1.29 is 19.6 Å². The third-order valence-corrected chi connectivity index (χ3v) is 3.56. The van der Waals surface area contributed by atoms with Gasteiger partial charge in [0.05, 0.1) is 10.5 Å². The van der Waals surface area contributed by atoms with Crippen LogP contribution in [-0.4, -0.2) is 40.5 Å². The molecule has 2 N–H and O–H groups in total. The van der Waals surface area contributed by atoms with Gasteiger partial charge in [0.1, 0.15) is 11.2 Å². The molecule has 0 atom stereocenters. The van der Waals surface area contributed by atoms with Gasteiger partial charge in [-0.25, -0.2) is 4.79 Å². The Morgan fingerprint density at radius 2 is 2.14 bits per heavy atom. The van der Waals surface area contributed by atoms with Crippen molar-refractivity contribution in [2.45, 2.75) is 19.4 Å². The van der Waals surface area contributed by atoms with E-state index in [9.17, 15) is 24.8 Å². The summed E-state index contributed by atoms with van der Waals surface area (Å²) in [7, 11) is 0. The van der Waals surface area contributed by atoms with Crippen molar-refractivity contribution in [3.8, 4) is 0 Å². The predicted octanol–water partition coefficient (Wildman–Crippen LogP) is 1.01. The van der Waals surface area contributed by atoms with E-state index in [0.29, 0.717) is 13.1 Å². The van der Waals surface area contributed by atoms with Gasteiger partial charge in [0.15, 0.2) is 0 Å². The Hall–Kier alpha value is -2.64. The Morgan fingerprint density at radius 3 is 2.71 bits per heavy atom. The quantitative estimate of drug-likeness (QED) is 0.635. The molecule has 1 amide bonds. The molecule has 21 heavy (non-hydrogen) atoms. The summed E-state index contributed by atoms with van der Waals surface area (Å²) in [5.74, 6) is -1.57. The number of hydrogen-bond donors (Lipinski definition) is 2. The highest BCUT2D eigenvalue weighted by molar-refractivity contribution is 6.00. The minimum absolute atomic E-state index is 0.0325. The molecule has 2 rings (SSSR count). The summed E-state index contributed by atoms with van der Waals surface area (Å²) < 4.78 is 0. The van der Waals surface area contributed by atoms with Crippen LogP contribution in [0.2, 0.25) is 0 Å². The Labute approximate surface area is 120 Å². The van der Waals surface area contributed by atoms with E-state index < -0.39 is 16.4 Å². The number of para-hydroxylation sites is 1. The van der Waals surface area contributed by atoms with Crippen molar-refractivity contribution in [3.05, 3.63) is 33.9 Å². The van der Waals surface area contributed by atoms with Crippen LogP contribution in [0.5, 0.6) is 0 Å². The number of nitro groups is 1. The van der Waals surface area contributed by atoms with Gasteiger partial charge in [-0.3, -0.25) is 14.9 Å². The van der Waals surface area contributed by atoms with Crippen LogP contribution in [0.4, 0.5) is 11.4 Å². The van der Waals surface area contributed by atoms with Crippen LogP contribution in [-0.2, 0) is 4.79 Å². The second kappa shape index (κ2) is 5.04. The Bertz CT molecular complexity index is 594. The number of amides is 1. The van der Waals surface area contributed by atoms with Crippen molar-refractivity contribution in [1.82, 2.24) is 5.32 Å². The number of carbonyl (C=O) groups is 2. The predicted molar refractivity (Wildman–Crippen MR) is 74.5 cm³/mol. The van der Waals surface area contributed by atoms with E-state index in [-0.39, 0.29) is 22.8 Å². The first-order chi connectivity index (χ1) is 9.76. The highest BCUT2D eigenvalue weighted by Gasteiger charge is 2.42. The van der Waals surface area contributed by atoms with Gasteiger partial charge in [-0.2, -0.15) is 0 Å². The number of carboxylic acids is 1. The number of hydrogen-bond acceptors (Lipinski definition) is 5. The average Bonchev–Trinajstić information content (AvgIpc) is 2.41. The standard InChI is InChI=1S/C13H15N3O5/c1-13(2)12(19)14-6-7-15(13)10-8(11(17)18)4-3-5-9(10)16(20)21/h3-5H,6-7H2,1-2H3,(H,14,19)(H,17,18). The average molecular weight is 293 g/mol. The first kappa shape index (κ1) is 14.8. The highest BCUT2D eigenvalue weighted by atomic mass is 16.6. The summed E-state index contributed by atoms with van der Waals surface area (Å²) in [5.41, 5.74) is -1.62. The van der Waals surface area contributed by atoms with Crippen LogP contribution < -0.4 is 10.2 Å². The maximum atomic E-state index is 12.0. The fourth-order valence-electron chi connectivity index (χ4n) is 2.43. The first-order valence-corrected chi connectivity index (χ1v) is 6.33. The zero-order valence-corrected chi connectivity index (χ0v) is 11.6. The fraction of sp³-hybridized carbons (Fsp3) is 0.385. The van der Waals surface area contributed by atoms with Crippen LogP contribution in [0.25, 0.3) is 0 Å². The van der Waals surface area contributed by atoms with Gasteiger partial charge in [-0.1, -0.05) is 6.07 Å². The molecule has 8 nitrogen and oxygen atoms in total. The smallest absolute Gasteiger partial charge is 0.338 e. The van der Waals surface area contributed by atoms with Crippen LogP contribution in [0.3, 0.4) is 0 Å². The molecule has 1 saturated heterocycles. The molecule has 0 spiro atoms. The van der Waals surface area contributed by atoms with E-state index in [4.69, 9.17) is 0 Å². The summed E-state index contributed by atoms with van der Waals surface area (Å²) in [6.07, 6.45) is 0. The summed E-state index contributed by atoms with van der Waals surface area (Å²) in [6.45, 7) is 3.80. The minimum atomic E-state index is -1.27. The number of anilines is 1. The maximum absolute atomic E-state index is 12.0. The van der Waals surface area contributed by atoms with Gasteiger partial charge in [-0.15, -0.1) is 0 Å².